The van der Waals surface area contributed by atoms with Crippen LogP contribution in [0.1, 0.15) is 68.1 Å². The molecule has 1 amide bonds. The monoisotopic (exact) mass is 425 g/mol. The molecule has 27 heavy (non-hydrogen) atoms. The van der Waals surface area contributed by atoms with Gasteiger partial charge in [-0.1, -0.05) is 36.0 Å². The first kappa shape index (κ1) is 19.9. The highest BCUT2D eigenvalue weighted by Gasteiger charge is 2.40. The van der Waals surface area contributed by atoms with Gasteiger partial charge in [0.2, 0.25) is 0 Å². The van der Waals surface area contributed by atoms with Crippen molar-refractivity contribution >= 4 is 40.9 Å². The molecule has 0 unspecified atom stereocenters. The summed E-state index contributed by atoms with van der Waals surface area (Å²) in [5.74, 6) is 3.19. The van der Waals surface area contributed by atoms with Crippen molar-refractivity contribution in [2.75, 3.05) is 12.3 Å². The molecule has 0 atom stereocenters. The molecule has 0 heterocycles. The van der Waals surface area contributed by atoms with Gasteiger partial charge in [0.25, 0.3) is 5.91 Å². The van der Waals surface area contributed by atoms with E-state index in [4.69, 9.17) is 23.2 Å². The van der Waals surface area contributed by atoms with Crippen molar-refractivity contribution in [1.82, 2.24) is 5.32 Å². The Labute approximate surface area is 177 Å². The van der Waals surface area contributed by atoms with Crippen LogP contribution in [-0.2, 0) is 0 Å². The molecule has 0 bridgehead atoms. The number of carbonyl (C=O) groups excluding carboxylic acids is 1. The molecule has 0 radical (unpaired) electrons. The molecule has 1 aromatic rings. The largest absolute Gasteiger partial charge is 0.351 e. The lowest BCUT2D eigenvalue weighted by molar-refractivity contribution is 0.0897. The average molecular weight is 426 g/mol. The molecule has 3 fully saturated rings. The second-order valence-electron chi connectivity index (χ2n) is 8.93. The third kappa shape index (κ3) is 5.58. The first-order chi connectivity index (χ1) is 13.0. The van der Waals surface area contributed by atoms with Gasteiger partial charge in [-0.25, -0.2) is 0 Å². The number of hydrogen-bond acceptors (Lipinski definition) is 2. The Bertz CT molecular complexity index is 679. The molecular formula is C22H29Cl2NOS. The summed E-state index contributed by atoms with van der Waals surface area (Å²) in [5, 5.41) is 5.02. The number of benzene rings is 1. The summed E-state index contributed by atoms with van der Waals surface area (Å²) < 4.78 is 0. The number of amides is 1. The zero-order valence-corrected chi connectivity index (χ0v) is 18.1. The van der Waals surface area contributed by atoms with Crippen LogP contribution in [0.3, 0.4) is 0 Å². The number of thioether (sulfide) groups is 1. The molecule has 5 heteroatoms. The fourth-order valence-electron chi connectivity index (χ4n) is 4.35. The minimum atomic E-state index is -0.0722. The Morgan fingerprint density at radius 2 is 1.78 bits per heavy atom. The van der Waals surface area contributed by atoms with Gasteiger partial charge in [-0.05, 0) is 86.1 Å². The van der Waals surface area contributed by atoms with Gasteiger partial charge in [0.15, 0.2) is 0 Å². The quantitative estimate of drug-likeness (QED) is 0.508. The molecule has 0 saturated heterocycles. The third-order valence-electron chi connectivity index (χ3n) is 6.48. The lowest BCUT2D eigenvalue weighted by atomic mass is 9.70. The molecule has 0 aromatic heterocycles. The van der Waals surface area contributed by atoms with Crippen LogP contribution in [0, 0.1) is 17.3 Å². The molecule has 1 aromatic carbocycles. The van der Waals surface area contributed by atoms with E-state index in [1.54, 1.807) is 18.2 Å². The molecule has 2 nitrogen and oxygen atoms in total. The van der Waals surface area contributed by atoms with Crippen molar-refractivity contribution in [3.05, 3.63) is 33.8 Å². The fourth-order valence-corrected chi connectivity index (χ4v) is 6.29. The van der Waals surface area contributed by atoms with E-state index < -0.39 is 0 Å². The topological polar surface area (TPSA) is 29.1 Å². The van der Waals surface area contributed by atoms with Gasteiger partial charge in [-0.3, -0.25) is 4.79 Å². The maximum atomic E-state index is 12.7. The molecule has 3 saturated carbocycles. The van der Waals surface area contributed by atoms with Gasteiger partial charge >= 0.3 is 0 Å². The molecule has 0 spiro atoms. The maximum Gasteiger partial charge on any atom is 0.252 e. The van der Waals surface area contributed by atoms with Crippen molar-refractivity contribution in [1.29, 1.82) is 0 Å². The van der Waals surface area contributed by atoms with Crippen LogP contribution in [0.2, 0.25) is 10.0 Å². The molecular weight excluding hydrogens is 397 g/mol. The number of nitrogens with one attached hydrogen (secondary N) is 1. The lowest BCUT2D eigenvalue weighted by Gasteiger charge is -2.40. The van der Waals surface area contributed by atoms with Gasteiger partial charge in [-0.2, -0.15) is 11.8 Å². The summed E-state index contributed by atoms with van der Waals surface area (Å²) in [7, 11) is 0. The van der Waals surface area contributed by atoms with Gasteiger partial charge < -0.3 is 5.32 Å². The van der Waals surface area contributed by atoms with Crippen LogP contribution in [-0.4, -0.2) is 23.5 Å². The second-order valence-corrected chi connectivity index (χ2v) is 11.1. The van der Waals surface area contributed by atoms with E-state index in [1.807, 2.05) is 0 Å². The van der Waals surface area contributed by atoms with E-state index in [0.29, 0.717) is 15.6 Å². The Balaban J connectivity index is 1.33. The van der Waals surface area contributed by atoms with Crippen LogP contribution < -0.4 is 5.32 Å². The minimum Gasteiger partial charge on any atom is -0.351 e. The van der Waals surface area contributed by atoms with E-state index in [0.717, 1.165) is 23.6 Å². The highest BCUT2D eigenvalue weighted by Crippen LogP contribution is 2.49. The number of carbonyl (C=O) groups is 1. The van der Waals surface area contributed by atoms with Crippen LogP contribution in [0.5, 0.6) is 0 Å². The summed E-state index contributed by atoms with van der Waals surface area (Å²) in [4.78, 5) is 12.7. The second kappa shape index (κ2) is 8.55. The zero-order chi connectivity index (χ0) is 18.9. The van der Waals surface area contributed by atoms with Crippen molar-refractivity contribution in [2.24, 2.45) is 17.3 Å². The van der Waals surface area contributed by atoms with Gasteiger partial charge in [0, 0.05) is 16.8 Å². The van der Waals surface area contributed by atoms with Crippen LogP contribution in [0.4, 0.5) is 0 Å². The Morgan fingerprint density at radius 1 is 1.07 bits per heavy atom. The van der Waals surface area contributed by atoms with Crippen molar-refractivity contribution in [3.8, 4) is 0 Å². The molecule has 3 aliphatic carbocycles. The van der Waals surface area contributed by atoms with Crippen LogP contribution in [0.25, 0.3) is 0 Å². The Kier molecular flexibility index (Phi) is 6.31. The van der Waals surface area contributed by atoms with Gasteiger partial charge in [-0.15, -0.1) is 0 Å². The minimum absolute atomic E-state index is 0.0722. The zero-order valence-electron chi connectivity index (χ0n) is 15.8. The van der Waals surface area contributed by atoms with Crippen molar-refractivity contribution in [2.45, 2.75) is 63.0 Å². The van der Waals surface area contributed by atoms with Crippen molar-refractivity contribution in [3.63, 3.8) is 0 Å². The van der Waals surface area contributed by atoms with E-state index in [9.17, 15) is 4.79 Å². The SMILES string of the molecule is O=C(NCC1(CC2CC2)CCC(SCC2CC2)CC1)c1ccc(Cl)cc1Cl. The predicted octanol–water partition coefficient (Wildman–Crippen LogP) is 6.60. The normalized spacial score (nSPS) is 28.1. The standard InChI is InChI=1S/C22H29Cl2NOS/c23-17-5-6-19(20(24)11-17)21(26)25-14-22(12-15-1-2-15)9-7-18(8-10-22)27-13-16-3-4-16/h5-6,11,15-16,18H,1-4,7-10,12-14H2,(H,25,26). The Hall–Kier alpha value is -0.380. The highest BCUT2D eigenvalue weighted by molar-refractivity contribution is 7.99. The first-order valence-electron chi connectivity index (χ1n) is 10.4. The van der Waals surface area contributed by atoms with E-state index in [2.05, 4.69) is 17.1 Å². The number of hydrogen-bond donors (Lipinski definition) is 1. The lowest BCUT2D eigenvalue weighted by Crippen LogP contribution is -2.41. The van der Waals surface area contributed by atoms with Gasteiger partial charge in [0.1, 0.15) is 0 Å². The summed E-state index contributed by atoms with van der Waals surface area (Å²) in [5.41, 5.74) is 0.808. The third-order valence-corrected chi connectivity index (χ3v) is 8.63. The summed E-state index contributed by atoms with van der Waals surface area (Å²) >= 11 is 14.4. The van der Waals surface area contributed by atoms with Gasteiger partial charge in [0.05, 0.1) is 10.6 Å². The summed E-state index contributed by atoms with van der Waals surface area (Å²) in [6.07, 6.45) is 12.0. The molecule has 0 aliphatic heterocycles. The molecule has 1 N–H and O–H groups in total. The Morgan fingerprint density at radius 3 is 2.41 bits per heavy atom. The molecule has 148 valence electrons. The number of rotatable bonds is 8. The predicted molar refractivity (Wildman–Crippen MR) is 116 cm³/mol. The van der Waals surface area contributed by atoms with Crippen molar-refractivity contribution < 1.29 is 4.79 Å². The average Bonchev–Trinajstić information content (AvgIpc) is 3.55. The first-order valence-corrected chi connectivity index (χ1v) is 12.2. The van der Waals surface area contributed by atoms with Crippen LogP contribution >= 0.6 is 35.0 Å². The highest BCUT2D eigenvalue weighted by atomic mass is 35.5. The smallest absolute Gasteiger partial charge is 0.252 e. The maximum absolute atomic E-state index is 12.7. The molecule has 4 rings (SSSR count). The molecule has 3 aliphatic rings. The summed E-state index contributed by atoms with van der Waals surface area (Å²) in [6, 6.07) is 5.09. The van der Waals surface area contributed by atoms with E-state index in [1.165, 1.54) is 63.5 Å². The van der Waals surface area contributed by atoms with E-state index in [-0.39, 0.29) is 11.3 Å². The van der Waals surface area contributed by atoms with Crippen LogP contribution in [0.15, 0.2) is 18.2 Å². The number of halogens is 2. The fraction of sp³-hybridized carbons (Fsp3) is 0.682. The summed E-state index contributed by atoms with van der Waals surface area (Å²) in [6.45, 7) is 0.779. The van der Waals surface area contributed by atoms with E-state index >= 15 is 0 Å².